The first kappa shape index (κ1) is 42.0. The van der Waals surface area contributed by atoms with Gasteiger partial charge in [-0.15, -0.1) is 0 Å². The molecule has 0 bridgehead atoms. The number of esters is 1. The average Bonchev–Trinajstić information content (AvgIpc) is 2.94. The molecule has 8 heteroatoms. The fraction of sp³-hybridized carbons (Fsp3) is 0.882. The number of carboxylic acid groups (broad SMARTS) is 3. The van der Waals surface area contributed by atoms with Crippen LogP contribution in [0.2, 0.25) is 0 Å². The number of hydrogen-bond acceptors (Lipinski definition) is 5. The predicted octanol–water partition coefficient (Wildman–Crippen LogP) is 9.57. The summed E-state index contributed by atoms with van der Waals surface area (Å²) in [5.74, 6) is -4.08. The smallest absolute Gasteiger partial charge is 0.307 e. The molecule has 8 nitrogen and oxygen atoms in total. The van der Waals surface area contributed by atoms with E-state index in [-0.39, 0.29) is 19.3 Å². The number of ether oxygens (including phenoxy) is 1. The molecule has 1 unspecified atom stereocenters. The minimum absolute atomic E-state index is 0.0207. The highest BCUT2D eigenvalue weighted by Gasteiger charge is 2.20. The van der Waals surface area contributed by atoms with Crippen LogP contribution in [0.5, 0.6) is 0 Å². The van der Waals surface area contributed by atoms with E-state index in [0.717, 1.165) is 32.1 Å². The van der Waals surface area contributed by atoms with Crippen molar-refractivity contribution < 1.29 is 39.2 Å². The van der Waals surface area contributed by atoms with Gasteiger partial charge < -0.3 is 20.1 Å². The van der Waals surface area contributed by atoms with Crippen LogP contribution in [-0.2, 0) is 23.9 Å². The van der Waals surface area contributed by atoms with E-state index in [1.54, 1.807) is 0 Å². The van der Waals surface area contributed by atoms with Crippen LogP contribution in [0.4, 0.5) is 0 Å². The highest BCUT2D eigenvalue weighted by Crippen LogP contribution is 2.17. The molecular formula is C34H64O8. The van der Waals surface area contributed by atoms with Crippen molar-refractivity contribution >= 4 is 23.9 Å². The van der Waals surface area contributed by atoms with Crippen LogP contribution < -0.4 is 0 Å². The van der Waals surface area contributed by atoms with Crippen LogP contribution in [0.1, 0.15) is 181 Å². The fourth-order valence-corrected chi connectivity index (χ4v) is 4.81. The largest absolute Gasteiger partial charge is 0.481 e. The molecule has 3 N–H and O–H groups in total. The number of rotatable bonds is 30. The predicted molar refractivity (Wildman–Crippen MR) is 169 cm³/mol. The lowest BCUT2D eigenvalue weighted by Gasteiger charge is -2.09. The van der Waals surface area contributed by atoms with Crippen molar-refractivity contribution in [3.63, 3.8) is 0 Å². The zero-order chi connectivity index (χ0) is 31.7. The summed E-state index contributed by atoms with van der Waals surface area (Å²) in [6.45, 7) is 4.89. The van der Waals surface area contributed by atoms with E-state index in [4.69, 9.17) is 20.1 Å². The number of unbranched alkanes of at least 4 members (excludes halogenated alkanes) is 20. The molecule has 0 saturated carbocycles. The van der Waals surface area contributed by atoms with Gasteiger partial charge in [0.2, 0.25) is 0 Å². The van der Waals surface area contributed by atoms with Crippen LogP contribution in [0.25, 0.3) is 0 Å². The molecule has 0 rings (SSSR count). The van der Waals surface area contributed by atoms with E-state index in [1.165, 1.54) is 109 Å². The van der Waals surface area contributed by atoms with Gasteiger partial charge in [0.15, 0.2) is 0 Å². The third-order valence-corrected chi connectivity index (χ3v) is 7.48. The third-order valence-electron chi connectivity index (χ3n) is 7.48. The van der Waals surface area contributed by atoms with Gasteiger partial charge in [-0.05, 0) is 12.8 Å². The average molecular weight is 601 g/mol. The van der Waals surface area contributed by atoms with E-state index in [9.17, 15) is 19.2 Å². The topological polar surface area (TPSA) is 138 Å². The highest BCUT2D eigenvalue weighted by molar-refractivity contribution is 5.77. The third kappa shape index (κ3) is 35.9. The maximum absolute atomic E-state index is 11.1. The molecule has 0 radical (unpaired) electrons. The summed E-state index contributed by atoms with van der Waals surface area (Å²) in [5.41, 5.74) is 0. The molecule has 0 aromatic heterocycles. The summed E-state index contributed by atoms with van der Waals surface area (Å²) >= 11 is 0. The van der Waals surface area contributed by atoms with Crippen molar-refractivity contribution in [2.45, 2.75) is 181 Å². The normalized spacial score (nSPS) is 11.4. The molecule has 0 saturated heterocycles. The molecule has 0 fully saturated rings. The molecule has 248 valence electrons. The molecule has 0 aromatic rings. The lowest BCUT2D eigenvalue weighted by Crippen LogP contribution is -2.17. The zero-order valence-electron chi connectivity index (χ0n) is 27.1. The van der Waals surface area contributed by atoms with Crippen molar-refractivity contribution in [1.29, 1.82) is 0 Å². The monoisotopic (exact) mass is 600 g/mol. The molecule has 0 aliphatic rings. The number of hydrogen-bond donors (Lipinski definition) is 3. The Morgan fingerprint density at radius 1 is 0.500 bits per heavy atom. The fourth-order valence-electron chi connectivity index (χ4n) is 4.81. The Balaban J connectivity index is 0. The summed E-state index contributed by atoms with van der Waals surface area (Å²) < 4.78 is 4.96. The van der Waals surface area contributed by atoms with Crippen molar-refractivity contribution in [3.8, 4) is 0 Å². The summed E-state index contributed by atoms with van der Waals surface area (Å²) in [7, 11) is 0. The number of aliphatic carboxylic acids is 3. The molecule has 1 atom stereocenters. The summed E-state index contributed by atoms with van der Waals surface area (Å²) in [6.07, 6.45) is 27.4. The van der Waals surface area contributed by atoms with Crippen LogP contribution in [0, 0.1) is 5.92 Å². The van der Waals surface area contributed by atoms with Gasteiger partial charge in [-0.1, -0.05) is 149 Å². The Hall–Kier alpha value is -2.12. The van der Waals surface area contributed by atoms with E-state index >= 15 is 0 Å². The quantitative estimate of drug-likeness (QED) is 0.0547. The van der Waals surface area contributed by atoms with Gasteiger partial charge in [-0.2, -0.15) is 0 Å². The Kier molecular flexibility index (Phi) is 33.4. The zero-order valence-corrected chi connectivity index (χ0v) is 27.1. The lowest BCUT2D eigenvalue weighted by atomic mass is 9.97. The maximum Gasteiger partial charge on any atom is 0.307 e. The van der Waals surface area contributed by atoms with Gasteiger partial charge in [0, 0.05) is 0 Å². The first-order valence-electron chi connectivity index (χ1n) is 17.1. The molecule has 42 heavy (non-hydrogen) atoms. The van der Waals surface area contributed by atoms with E-state index in [0.29, 0.717) is 13.0 Å². The van der Waals surface area contributed by atoms with Gasteiger partial charge in [0.25, 0.3) is 0 Å². The van der Waals surface area contributed by atoms with Crippen LogP contribution >= 0.6 is 0 Å². The standard InChI is InChI=1S/C18H34O4.C16H30O4/c1-2-3-4-5-6-7-8-9-10-11-12-13-14-16(18(21)22)15-17(19)20;1-2-3-4-5-6-7-8-9-10-11-14-20-16(19)13-12-15(17)18/h16H,2-15H2,1H3,(H,19,20)(H,21,22);2-14H2,1H3,(H,17,18). The first-order chi connectivity index (χ1) is 20.2. The Labute approximate surface area is 256 Å². The second kappa shape index (κ2) is 33.4. The Bertz CT molecular complexity index is 649. The van der Waals surface area contributed by atoms with Crippen molar-refractivity contribution in [3.05, 3.63) is 0 Å². The highest BCUT2D eigenvalue weighted by atomic mass is 16.5. The molecule has 0 spiro atoms. The van der Waals surface area contributed by atoms with E-state index in [2.05, 4.69) is 13.8 Å². The number of carbonyl (C=O) groups excluding carboxylic acids is 1. The van der Waals surface area contributed by atoms with Gasteiger partial charge in [-0.3, -0.25) is 19.2 Å². The van der Waals surface area contributed by atoms with Crippen LogP contribution in [0.3, 0.4) is 0 Å². The lowest BCUT2D eigenvalue weighted by molar-refractivity contribution is -0.148. The molecule has 0 aliphatic carbocycles. The SMILES string of the molecule is CCCCCCCCCCCCCCC(CC(=O)O)C(=O)O.CCCCCCCCCCCCOC(=O)CCC(=O)O. The first-order valence-corrected chi connectivity index (χ1v) is 17.1. The van der Waals surface area contributed by atoms with Gasteiger partial charge in [-0.25, -0.2) is 0 Å². The molecule has 0 aromatic carbocycles. The summed E-state index contributed by atoms with van der Waals surface area (Å²) in [5, 5.41) is 26.0. The van der Waals surface area contributed by atoms with Crippen molar-refractivity contribution in [1.82, 2.24) is 0 Å². The van der Waals surface area contributed by atoms with Crippen LogP contribution in [-0.4, -0.2) is 45.8 Å². The van der Waals surface area contributed by atoms with E-state index in [1.807, 2.05) is 0 Å². The second-order valence-corrected chi connectivity index (χ2v) is 11.6. The van der Waals surface area contributed by atoms with Gasteiger partial charge in [0.1, 0.15) is 0 Å². The number of carbonyl (C=O) groups is 4. The van der Waals surface area contributed by atoms with Crippen molar-refractivity contribution in [2.24, 2.45) is 5.92 Å². The van der Waals surface area contributed by atoms with Crippen LogP contribution in [0.15, 0.2) is 0 Å². The second-order valence-electron chi connectivity index (χ2n) is 11.6. The maximum atomic E-state index is 11.1. The Morgan fingerprint density at radius 2 is 0.881 bits per heavy atom. The molecular weight excluding hydrogens is 536 g/mol. The Morgan fingerprint density at radius 3 is 1.24 bits per heavy atom. The molecule has 0 amide bonds. The minimum atomic E-state index is -1.02. The number of carboxylic acids is 3. The van der Waals surface area contributed by atoms with Crippen molar-refractivity contribution in [2.75, 3.05) is 6.61 Å². The van der Waals surface area contributed by atoms with E-state index < -0.39 is 29.8 Å². The van der Waals surface area contributed by atoms with Gasteiger partial charge in [0.05, 0.1) is 31.8 Å². The summed E-state index contributed by atoms with van der Waals surface area (Å²) in [6, 6.07) is 0. The molecule has 0 aliphatic heterocycles. The minimum Gasteiger partial charge on any atom is -0.481 e. The molecule has 0 heterocycles. The van der Waals surface area contributed by atoms with Gasteiger partial charge >= 0.3 is 23.9 Å². The summed E-state index contributed by atoms with van der Waals surface area (Å²) in [4.78, 5) is 42.9.